The molecule has 4 nitrogen and oxygen atoms in total. The molecule has 0 spiro atoms. The van der Waals surface area contributed by atoms with Gasteiger partial charge in [0.15, 0.2) is 0 Å². The van der Waals surface area contributed by atoms with Crippen molar-refractivity contribution >= 4 is 27.9 Å². The molecule has 0 aromatic heterocycles. The van der Waals surface area contributed by atoms with Gasteiger partial charge >= 0.3 is 6.03 Å². The van der Waals surface area contributed by atoms with Gasteiger partial charge < -0.3 is 4.90 Å². The second kappa shape index (κ2) is 3.22. The van der Waals surface area contributed by atoms with E-state index in [1.165, 1.54) is 9.80 Å². The van der Waals surface area contributed by atoms with Gasteiger partial charge in [-0.15, -0.1) is 0 Å². The lowest BCUT2D eigenvalue weighted by Gasteiger charge is -2.19. The lowest BCUT2D eigenvalue weighted by Crippen LogP contribution is -2.37. The Balaban J connectivity index is 2.04. The quantitative estimate of drug-likeness (QED) is 0.563. The molecule has 14 heavy (non-hydrogen) atoms. The van der Waals surface area contributed by atoms with Crippen LogP contribution in [0.2, 0.25) is 0 Å². The molecule has 0 aromatic rings. The zero-order chi connectivity index (χ0) is 10.3. The molecule has 78 valence electrons. The summed E-state index contributed by atoms with van der Waals surface area (Å²) in [6.07, 6.45) is 2.22. The number of alkyl halides is 1. The van der Waals surface area contributed by atoms with Crippen molar-refractivity contribution in [1.82, 2.24) is 9.80 Å². The van der Waals surface area contributed by atoms with Crippen LogP contribution >= 0.6 is 15.9 Å². The van der Waals surface area contributed by atoms with Gasteiger partial charge in [-0.2, -0.15) is 0 Å². The maximum atomic E-state index is 11.6. The average molecular weight is 261 g/mol. The summed E-state index contributed by atoms with van der Waals surface area (Å²) in [6, 6.07) is -0.151. The SMILES string of the molecule is CN1CC(=O)N(CC2(CBr)CC2)C1=O. The predicted octanol–water partition coefficient (Wildman–Crippen LogP) is 1.06. The Morgan fingerprint density at radius 3 is 2.43 bits per heavy atom. The Labute approximate surface area is 91.4 Å². The van der Waals surface area contributed by atoms with E-state index in [1.54, 1.807) is 7.05 Å². The van der Waals surface area contributed by atoms with Crippen LogP contribution in [0.4, 0.5) is 4.79 Å². The van der Waals surface area contributed by atoms with Gasteiger partial charge in [-0.05, 0) is 18.3 Å². The Hall–Kier alpha value is -0.580. The highest BCUT2D eigenvalue weighted by molar-refractivity contribution is 9.09. The average Bonchev–Trinajstić information content (AvgIpc) is 2.88. The van der Waals surface area contributed by atoms with Crippen LogP contribution in [0.15, 0.2) is 0 Å². The van der Waals surface area contributed by atoms with Crippen LogP contribution in [0.25, 0.3) is 0 Å². The fourth-order valence-corrected chi connectivity index (χ4v) is 2.41. The fourth-order valence-electron chi connectivity index (χ4n) is 1.67. The van der Waals surface area contributed by atoms with E-state index in [4.69, 9.17) is 0 Å². The summed E-state index contributed by atoms with van der Waals surface area (Å²) < 4.78 is 0. The van der Waals surface area contributed by atoms with Crippen molar-refractivity contribution in [1.29, 1.82) is 0 Å². The Kier molecular flexibility index (Phi) is 2.29. The molecule has 0 radical (unpaired) electrons. The lowest BCUT2D eigenvalue weighted by molar-refractivity contribution is -0.125. The molecule has 1 aliphatic carbocycles. The summed E-state index contributed by atoms with van der Waals surface area (Å²) in [4.78, 5) is 25.9. The summed E-state index contributed by atoms with van der Waals surface area (Å²) in [6.45, 7) is 0.817. The first-order valence-electron chi connectivity index (χ1n) is 4.69. The Morgan fingerprint density at radius 2 is 2.07 bits per heavy atom. The largest absolute Gasteiger partial charge is 0.326 e. The Bertz CT molecular complexity index is 289. The molecule has 0 bridgehead atoms. The fraction of sp³-hybridized carbons (Fsp3) is 0.778. The first-order chi connectivity index (χ1) is 6.58. The third kappa shape index (κ3) is 1.54. The van der Waals surface area contributed by atoms with Crippen LogP contribution in [-0.2, 0) is 4.79 Å². The molecule has 2 rings (SSSR count). The van der Waals surface area contributed by atoms with E-state index in [0.717, 1.165) is 18.2 Å². The zero-order valence-corrected chi connectivity index (χ0v) is 9.71. The van der Waals surface area contributed by atoms with Crippen LogP contribution in [-0.4, -0.2) is 47.2 Å². The summed E-state index contributed by atoms with van der Waals surface area (Å²) in [5, 5.41) is 0.876. The number of likely N-dealkylation sites (N-methyl/N-ethyl adjacent to an activating group) is 1. The van der Waals surface area contributed by atoms with Gasteiger partial charge in [0, 0.05) is 18.9 Å². The van der Waals surface area contributed by atoms with E-state index in [0.29, 0.717) is 6.54 Å². The topological polar surface area (TPSA) is 40.6 Å². The summed E-state index contributed by atoms with van der Waals surface area (Å²) in [5.41, 5.74) is 0.177. The number of nitrogens with zero attached hydrogens (tertiary/aromatic N) is 2. The standard InChI is InChI=1S/C9H13BrN2O2/c1-11-4-7(13)12(8(11)14)6-9(5-10)2-3-9/h2-6H2,1H3. The number of imide groups is 1. The summed E-state index contributed by atoms with van der Waals surface area (Å²) >= 11 is 3.43. The Morgan fingerprint density at radius 1 is 1.43 bits per heavy atom. The second-order valence-electron chi connectivity index (χ2n) is 4.25. The maximum absolute atomic E-state index is 11.6. The number of amides is 3. The minimum absolute atomic E-state index is 0.0651. The number of halogens is 1. The predicted molar refractivity (Wildman–Crippen MR) is 55.2 cm³/mol. The van der Waals surface area contributed by atoms with Crippen LogP contribution in [0.3, 0.4) is 0 Å². The minimum Gasteiger partial charge on any atom is -0.318 e. The highest BCUT2D eigenvalue weighted by Crippen LogP contribution is 2.48. The highest BCUT2D eigenvalue weighted by atomic mass is 79.9. The van der Waals surface area contributed by atoms with E-state index in [1.807, 2.05) is 0 Å². The molecule has 0 aromatic carbocycles. The molecular weight excluding hydrogens is 248 g/mol. The molecule has 1 heterocycles. The van der Waals surface area contributed by atoms with Gasteiger partial charge in [0.2, 0.25) is 5.91 Å². The smallest absolute Gasteiger partial charge is 0.318 e. The van der Waals surface area contributed by atoms with Gasteiger partial charge in [-0.1, -0.05) is 15.9 Å². The van der Waals surface area contributed by atoms with Gasteiger partial charge in [0.05, 0.1) is 0 Å². The van der Waals surface area contributed by atoms with Gasteiger partial charge in [-0.25, -0.2) is 4.79 Å². The number of hydrogen-bond donors (Lipinski definition) is 0. The van der Waals surface area contributed by atoms with Crippen molar-refractivity contribution in [2.75, 3.05) is 25.5 Å². The van der Waals surface area contributed by atoms with E-state index in [9.17, 15) is 9.59 Å². The first kappa shape index (κ1) is 9.96. The molecule has 2 fully saturated rings. The number of carbonyl (C=O) groups is 2. The normalized spacial score (nSPS) is 24.7. The highest BCUT2D eigenvalue weighted by Gasteiger charge is 2.47. The molecule has 0 atom stereocenters. The monoisotopic (exact) mass is 260 g/mol. The summed E-state index contributed by atoms with van der Waals surface area (Å²) in [5.74, 6) is -0.0651. The van der Waals surface area contributed by atoms with Crippen LogP contribution < -0.4 is 0 Å². The van der Waals surface area contributed by atoms with Gasteiger partial charge in [0.25, 0.3) is 0 Å². The number of hydrogen-bond acceptors (Lipinski definition) is 2. The summed E-state index contributed by atoms with van der Waals surface area (Å²) in [7, 11) is 1.66. The molecule has 0 N–H and O–H groups in total. The molecule has 3 amide bonds. The van der Waals surface area contributed by atoms with Crippen molar-refractivity contribution in [3.63, 3.8) is 0 Å². The third-order valence-corrected chi connectivity index (χ3v) is 4.15. The number of urea groups is 1. The molecule has 5 heteroatoms. The molecule has 1 saturated heterocycles. The van der Waals surface area contributed by atoms with Crippen LogP contribution in [0.1, 0.15) is 12.8 Å². The van der Waals surface area contributed by atoms with Crippen LogP contribution in [0, 0.1) is 5.41 Å². The van der Waals surface area contributed by atoms with Gasteiger partial charge in [-0.3, -0.25) is 9.69 Å². The van der Waals surface area contributed by atoms with E-state index in [2.05, 4.69) is 15.9 Å². The van der Waals surface area contributed by atoms with E-state index < -0.39 is 0 Å². The van der Waals surface area contributed by atoms with Crippen molar-refractivity contribution < 1.29 is 9.59 Å². The number of carbonyl (C=O) groups excluding carboxylic acids is 2. The minimum atomic E-state index is -0.151. The van der Waals surface area contributed by atoms with E-state index in [-0.39, 0.29) is 23.9 Å². The van der Waals surface area contributed by atoms with Crippen molar-refractivity contribution in [2.24, 2.45) is 5.41 Å². The number of rotatable bonds is 3. The third-order valence-electron chi connectivity index (χ3n) is 2.97. The lowest BCUT2D eigenvalue weighted by atomic mass is 10.1. The molecule has 1 saturated carbocycles. The molecule has 2 aliphatic rings. The van der Waals surface area contributed by atoms with Crippen molar-refractivity contribution in [2.45, 2.75) is 12.8 Å². The van der Waals surface area contributed by atoms with Crippen molar-refractivity contribution in [3.05, 3.63) is 0 Å². The first-order valence-corrected chi connectivity index (χ1v) is 5.82. The maximum Gasteiger partial charge on any atom is 0.326 e. The zero-order valence-electron chi connectivity index (χ0n) is 8.12. The van der Waals surface area contributed by atoms with Crippen LogP contribution in [0.5, 0.6) is 0 Å². The second-order valence-corrected chi connectivity index (χ2v) is 4.81. The van der Waals surface area contributed by atoms with E-state index >= 15 is 0 Å². The molecule has 0 unspecified atom stereocenters. The van der Waals surface area contributed by atoms with Gasteiger partial charge in [0.1, 0.15) is 6.54 Å². The molecule has 1 aliphatic heterocycles. The molecular formula is C9H13BrN2O2. The van der Waals surface area contributed by atoms with Crippen molar-refractivity contribution in [3.8, 4) is 0 Å².